The van der Waals surface area contributed by atoms with Gasteiger partial charge >= 0.3 is 0 Å². The van der Waals surface area contributed by atoms with Crippen molar-refractivity contribution in [2.75, 3.05) is 32.8 Å². The molecule has 0 amide bonds. The van der Waals surface area contributed by atoms with Gasteiger partial charge in [-0.1, -0.05) is 6.92 Å². The van der Waals surface area contributed by atoms with Crippen LogP contribution >= 0.6 is 0 Å². The minimum atomic E-state index is 0.255. The summed E-state index contributed by atoms with van der Waals surface area (Å²) in [6.07, 6.45) is 2.17. The standard InChI is InChI=1S/C8H20N2O/c1-2-5-10(7-8-11)6-3-4-9/h11H,2-9H2,1H3. The summed E-state index contributed by atoms with van der Waals surface area (Å²) in [5, 5.41) is 8.69. The van der Waals surface area contributed by atoms with Crippen molar-refractivity contribution in [2.24, 2.45) is 5.73 Å². The predicted octanol–water partition coefficient (Wildman–Crippen LogP) is 0.0395. The Morgan fingerprint density at radius 3 is 2.45 bits per heavy atom. The van der Waals surface area contributed by atoms with Gasteiger partial charge in [0.25, 0.3) is 0 Å². The molecule has 0 heterocycles. The maximum Gasteiger partial charge on any atom is 0.0558 e. The lowest BCUT2D eigenvalue weighted by molar-refractivity contribution is 0.195. The van der Waals surface area contributed by atoms with E-state index in [2.05, 4.69) is 11.8 Å². The van der Waals surface area contributed by atoms with Gasteiger partial charge in [-0.3, -0.25) is 0 Å². The molecule has 0 aliphatic carbocycles. The van der Waals surface area contributed by atoms with Crippen LogP contribution in [0.4, 0.5) is 0 Å². The zero-order chi connectivity index (χ0) is 8.53. The third kappa shape index (κ3) is 6.28. The zero-order valence-corrected chi connectivity index (χ0v) is 7.42. The van der Waals surface area contributed by atoms with E-state index < -0.39 is 0 Å². The highest BCUT2D eigenvalue weighted by Gasteiger charge is 2.00. The second-order valence-electron chi connectivity index (χ2n) is 2.71. The Morgan fingerprint density at radius 1 is 1.27 bits per heavy atom. The summed E-state index contributed by atoms with van der Waals surface area (Å²) in [5.41, 5.74) is 5.38. The van der Waals surface area contributed by atoms with E-state index in [0.717, 1.165) is 39.0 Å². The first kappa shape index (κ1) is 10.9. The quantitative estimate of drug-likeness (QED) is 0.553. The van der Waals surface area contributed by atoms with E-state index in [1.165, 1.54) is 0 Å². The molecule has 0 saturated heterocycles. The lowest BCUT2D eigenvalue weighted by Gasteiger charge is -2.19. The van der Waals surface area contributed by atoms with E-state index in [-0.39, 0.29) is 6.61 Å². The van der Waals surface area contributed by atoms with Crippen molar-refractivity contribution in [3.63, 3.8) is 0 Å². The summed E-state index contributed by atoms with van der Waals surface area (Å²) >= 11 is 0. The number of hydrogen-bond acceptors (Lipinski definition) is 3. The molecule has 0 radical (unpaired) electrons. The molecular weight excluding hydrogens is 140 g/mol. The van der Waals surface area contributed by atoms with Crippen LogP contribution in [0.3, 0.4) is 0 Å². The molecule has 0 unspecified atom stereocenters. The minimum absolute atomic E-state index is 0.255. The number of nitrogens with two attached hydrogens (primary N) is 1. The Bertz CT molecular complexity index is 72.5. The van der Waals surface area contributed by atoms with E-state index in [9.17, 15) is 0 Å². The third-order valence-corrected chi connectivity index (χ3v) is 1.63. The predicted molar refractivity (Wildman–Crippen MR) is 47.5 cm³/mol. The fourth-order valence-corrected chi connectivity index (χ4v) is 1.11. The number of rotatable bonds is 7. The molecule has 0 rings (SSSR count). The molecule has 3 N–H and O–H groups in total. The van der Waals surface area contributed by atoms with Crippen LogP contribution in [0.1, 0.15) is 19.8 Å². The highest BCUT2D eigenvalue weighted by molar-refractivity contribution is 4.56. The number of nitrogens with zero attached hydrogens (tertiary/aromatic N) is 1. The van der Waals surface area contributed by atoms with Gasteiger partial charge in [0.05, 0.1) is 6.61 Å². The van der Waals surface area contributed by atoms with Gasteiger partial charge < -0.3 is 15.7 Å². The van der Waals surface area contributed by atoms with Crippen molar-refractivity contribution in [3.05, 3.63) is 0 Å². The second-order valence-corrected chi connectivity index (χ2v) is 2.71. The molecule has 3 nitrogen and oxygen atoms in total. The Hall–Kier alpha value is -0.120. The second kappa shape index (κ2) is 7.98. The largest absolute Gasteiger partial charge is 0.395 e. The summed E-state index contributed by atoms with van der Waals surface area (Å²) in [6, 6.07) is 0. The first-order valence-corrected chi connectivity index (χ1v) is 4.38. The van der Waals surface area contributed by atoms with Crippen LogP contribution in [0.25, 0.3) is 0 Å². The average Bonchev–Trinajstić information content (AvgIpc) is 2.01. The van der Waals surface area contributed by atoms with Crippen molar-refractivity contribution in [3.8, 4) is 0 Å². The van der Waals surface area contributed by atoms with E-state index in [1.54, 1.807) is 0 Å². The Balaban J connectivity index is 3.34. The zero-order valence-electron chi connectivity index (χ0n) is 7.42. The number of aliphatic hydroxyl groups is 1. The first-order chi connectivity index (χ1) is 5.35. The molecule has 0 aromatic heterocycles. The van der Waals surface area contributed by atoms with E-state index in [1.807, 2.05) is 0 Å². The lowest BCUT2D eigenvalue weighted by atomic mass is 10.3. The van der Waals surface area contributed by atoms with Gasteiger partial charge in [-0.05, 0) is 32.5 Å². The van der Waals surface area contributed by atoms with Crippen LogP contribution < -0.4 is 5.73 Å². The van der Waals surface area contributed by atoms with Gasteiger partial charge in [-0.2, -0.15) is 0 Å². The van der Waals surface area contributed by atoms with Gasteiger partial charge in [0, 0.05) is 6.54 Å². The maximum absolute atomic E-state index is 8.69. The molecular formula is C8H20N2O. The molecule has 68 valence electrons. The van der Waals surface area contributed by atoms with E-state index in [0.29, 0.717) is 0 Å². The Labute approximate surface area is 69.2 Å². The van der Waals surface area contributed by atoms with Gasteiger partial charge in [-0.25, -0.2) is 0 Å². The van der Waals surface area contributed by atoms with Crippen LogP contribution in [0.5, 0.6) is 0 Å². The SMILES string of the molecule is CCCN(CCO)CCCN. The molecule has 0 bridgehead atoms. The van der Waals surface area contributed by atoms with Gasteiger partial charge in [0.15, 0.2) is 0 Å². The molecule has 0 aliphatic rings. The number of hydrogen-bond donors (Lipinski definition) is 2. The summed E-state index contributed by atoms with van der Waals surface area (Å²) in [5.74, 6) is 0. The van der Waals surface area contributed by atoms with Crippen LogP contribution in [0.2, 0.25) is 0 Å². The maximum atomic E-state index is 8.69. The molecule has 3 heteroatoms. The molecule has 0 fully saturated rings. The van der Waals surface area contributed by atoms with E-state index in [4.69, 9.17) is 10.8 Å². The first-order valence-electron chi connectivity index (χ1n) is 4.38. The van der Waals surface area contributed by atoms with E-state index >= 15 is 0 Å². The van der Waals surface area contributed by atoms with Crippen molar-refractivity contribution >= 4 is 0 Å². The lowest BCUT2D eigenvalue weighted by Crippen LogP contribution is -2.29. The van der Waals surface area contributed by atoms with Crippen molar-refractivity contribution < 1.29 is 5.11 Å². The molecule has 11 heavy (non-hydrogen) atoms. The van der Waals surface area contributed by atoms with Gasteiger partial charge in [0.2, 0.25) is 0 Å². The molecule has 0 aliphatic heterocycles. The summed E-state index contributed by atoms with van der Waals surface area (Å²) in [6.45, 7) is 6.02. The molecule has 0 aromatic rings. The summed E-state index contributed by atoms with van der Waals surface area (Å²) in [4.78, 5) is 2.24. The molecule has 0 spiro atoms. The van der Waals surface area contributed by atoms with Crippen molar-refractivity contribution in [2.45, 2.75) is 19.8 Å². The summed E-state index contributed by atoms with van der Waals surface area (Å²) in [7, 11) is 0. The minimum Gasteiger partial charge on any atom is -0.395 e. The summed E-state index contributed by atoms with van der Waals surface area (Å²) < 4.78 is 0. The van der Waals surface area contributed by atoms with Crippen molar-refractivity contribution in [1.29, 1.82) is 0 Å². The molecule has 0 saturated carbocycles. The van der Waals surface area contributed by atoms with Crippen LogP contribution in [-0.2, 0) is 0 Å². The Morgan fingerprint density at radius 2 is 2.00 bits per heavy atom. The number of aliphatic hydroxyl groups excluding tert-OH is 1. The Kier molecular flexibility index (Phi) is 7.89. The van der Waals surface area contributed by atoms with Crippen LogP contribution in [-0.4, -0.2) is 42.8 Å². The normalized spacial score (nSPS) is 10.9. The average molecular weight is 160 g/mol. The fourth-order valence-electron chi connectivity index (χ4n) is 1.11. The smallest absolute Gasteiger partial charge is 0.0558 e. The van der Waals surface area contributed by atoms with Crippen molar-refractivity contribution in [1.82, 2.24) is 4.90 Å². The molecule has 0 atom stereocenters. The third-order valence-electron chi connectivity index (χ3n) is 1.63. The molecule has 0 aromatic carbocycles. The van der Waals surface area contributed by atoms with Gasteiger partial charge in [0.1, 0.15) is 0 Å². The van der Waals surface area contributed by atoms with Crippen LogP contribution in [0.15, 0.2) is 0 Å². The highest BCUT2D eigenvalue weighted by atomic mass is 16.3. The topological polar surface area (TPSA) is 49.5 Å². The van der Waals surface area contributed by atoms with Crippen LogP contribution in [0, 0.1) is 0 Å². The highest BCUT2D eigenvalue weighted by Crippen LogP contribution is 1.91. The van der Waals surface area contributed by atoms with Gasteiger partial charge in [-0.15, -0.1) is 0 Å². The monoisotopic (exact) mass is 160 g/mol. The fraction of sp³-hybridized carbons (Fsp3) is 1.00.